The van der Waals surface area contributed by atoms with Gasteiger partial charge in [-0.15, -0.1) is 13.2 Å². The Balaban J connectivity index is 1.46. The van der Waals surface area contributed by atoms with Crippen molar-refractivity contribution in [2.45, 2.75) is 37.3 Å². The van der Waals surface area contributed by atoms with Gasteiger partial charge in [0.2, 0.25) is 10.0 Å². The van der Waals surface area contributed by atoms with Gasteiger partial charge in [0.05, 0.1) is 4.90 Å². The van der Waals surface area contributed by atoms with Crippen molar-refractivity contribution in [3.63, 3.8) is 0 Å². The zero-order valence-corrected chi connectivity index (χ0v) is 24.9. The molecule has 1 aliphatic heterocycles. The van der Waals surface area contributed by atoms with Crippen molar-refractivity contribution in [3.8, 4) is 16.9 Å². The Morgan fingerprint density at radius 2 is 1.65 bits per heavy atom. The molecule has 0 atom stereocenters. The highest BCUT2D eigenvalue weighted by Gasteiger charge is 2.32. The molecule has 8 nitrogen and oxygen atoms in total. The number of benzene rings is 3. The smallest absolute Gasteiger partial charge is 0.406 e. The van der Waals surface area contributed by atoms with Crippen LogP contribution in [0.4, 0.5) is 13.2 Å². The molecule has 0 amide bonds. The number of piperazine rings is 1. The first-order valence-electron chi connectivity index (χ1n) is 13.9. The first-order valence-corrected chi connectivity index (χ1v) is 15.7. The van der Waals surface area contributed by atoms with Crippen LogP contribution in [0.2, 0.25) is 5.02 Å². The normalized spacial score (nSPS) is 15.3. The van der Waals surface area contributed by atoms with Crippen molar-refractivity contribution in [1.29, 1.82) is 0 Å². The van der Waals surface area contributed by atoms with Crippen LogP contribution in [0, 0.1) is 0 Å². The maximum absolute atomic E-state index is 13.8. The molecule has 0 spiro atoms. The van der Waals surface area contributed by atoms with E-state index in [1.165, 1.54) is 22.5 Å². The number of aromatic nitrogens is 1. The van der Waals surface area contributed by atoms with Gasteiger partial charge in [-0.3, -0.25) is 4.90 Å². The molecule has 0 saturated carbocycles. The average Bonchev–Trinajstić information content (AvgIpc) is 3.34. The summed E-state index contributed by atoms with van der Waals surface area (Å²) in [4.78, 5) is 2.32. The topological polar surface area (TPSA) is 107 Å². The summed E-state index contributed by atoms with van der Waals surface area (Å²) in [5.74, 6) is -0.375. The van der Waals surface area contributed by atoms with Crippen molar-refractivity contribution in [3.05, 3.63) is 83.0 Å². The summed E-state index contributed by atoms with van der Waals surface area (Å²) in [6.45, 7) is 3.40. The summed E-state index contributed by atoms with van der Waals surface area (Å²) >= 11 is 6.31. The SMILES string of the molecule is NCCCn1cc(-c2ccc(OC(F)(F)F)cc2CN)c2cc(S(=O)(=O)N3CCN(Cc4ccccc4Cl)CC3)ccc21. The van der Waals surface area contributed by atoms with Gasteiger partial charge in [-0.1, -0.05) is 35.9 Å². The van der Waals surface area contributed by atoms with E-state index in [0.29, 0.717) is 79.3 Å². The molecule has 0 radical (unpaired) electrons. The van der Waals surface area contributed by atoms with Crippen LogP contribution in [-0.4, -0.2) is 61.3 Å². The lowest BCUT2D eigenvalue weighted by Gasteiger charge is -2.34. The standard InChI is InChI=1S/C30H33ClF3N5O3S/c31-28-5-2-1-4-21(28)19-37-12-14-39(15-13-37)43(40,41)24-7-9-29-26(17-24)27(20-38(29)11-3-10-35)25-8-6-23(16-22(25)18-36)42-30(32,33)34/h1-2,4-9,16-17,20H,3,10-15,18-19,35-36H2. The average molecular weight is 636 g/mol. The van der Waals surface area contributed by atoms with Crippen LogP contribution in [0.1, 0.15) is 17.5 Å². The lowest BCUT2D eigenvalue weighted by Crippen LogP contribution is -2.48. The molecule has 4 N–H and O–H groups in total. The van der Waals surface area contributed by atoms with Gasteiger partial charge in [-0.2, -0.15) is 4.31 Å². The first kappa shape index (κ1) is 31.3. The molecule has 0 bridgehead atoms. The quantitative estimate of drug-likeness (QED) is 0.249. The highest BCUT2D eigenvalue weighted by molar-refractivity contribution is 7.89. The first-order chi connectivity index (χ1) is 20.5. The summed E-state index contributed by atoms with van der Waals surface area (Å²) in [5.41, 5.74) is 15.1. The molecule has 1 aromatic heterocycles. The van der Waals surface area contributed by atoms with Crippen LogP contribution in [0.5, 0.6) is 5.75 Å². The minimum absolute atomic E-state index is 0.0453. The molecule has 5 rings (SSSR count). The van der Waals surface area contributed by atoms with Gasteiger partial charge >= 0.3 is 6.36 Å². The number of alkyl halides is 3. The number of fused-ring (bicyclic) bond motifs is 1. The van der Waals surface area contributed by atoms with E-state index in [4.69, 9.17) is 23.1 Å². The third-order valence-electron chi connectivity index (χ3n) is 7.60. The predicted octanol–water partition coefficient (Wildman–Crippen LogP) is 5.17. The molecule has 0 unspecified atom stereocenters. The molecule has 43 heavy (non-hydrogen) atoms. The molecule has 230 valence electrons. The van der Waals surface area contributed by atoms with Crippen molar-refractivity contribution in [1.82, 2.24) is 13.8 Å². The number of ether oxygens (including phenoxy) is 1. The maximum atomic E-state index is 13.8. The number of nitrogens with two attached hydrogens (primary N) is 2. The third kappa shape index (κ3) is 7.00. The zero-order valence-electron chi connectivity index (χ0n) is 23.4. The summed E-state index contributed by atoms with van der Waals surface area (Å²) in [6.07, 6.45) is -2.29. The number of aryl methyl sites for hydroxylation is 1. The van der Waals surface area contributed by atoms with Gasteiger partial charge in [0.15, 0.2) is 0 Å². The zero-order chi connectivity index (χ0) is 30.8. The predicted molar refractivity (Wildman–Crippen MR) is 161 cm³/mol. The van der Waals surface area contributed by atoms with Crippen LogP contribution in [0.25, 0.3) is 22.0 Å². The molecular formula is C30H33ClF3N5O3S. The van der Waals surface area contributed by atoms with E-state index in [2.05, 4.69) is 9.64 Å². The van der Waals surface area contributed by atoms with E-state index in [1.54, 1.807) is 18.2 Å². The second-order valence-electron chi connectivity index (χ2n) is 10.4. The van der Waals surface area contributed by atoms with Gasteiger partial charge in [0.1, 0.15) is 5.75 Å². The number of nitrogens with zero attached hydrogens (tertiary/aromatic N) is 3. The van der Waals surface area contributed by atoms with Crippen LogP contribution >= 0.6 is 11.6 Å². The van der Waals surface area contributed by atoms with E-state index in [0.717, 1.165) is 11.1 Å². The fourth-order valence-electron chi connectivity index (χ4n) is 5.44. The largest absolute Gasteiger partial charge is 0.573 e. The van der Waals surface area contributed by atoms with Crippen molar-refractivity contribution in [2.24, 2.45) is 11.5 Å². The van der Waals surface area contributed by atoms with E-state index in [-0.39, 0.29) is 17.2 Å². The Bertz CT molecular complexity index is 1700. The molecular weight excluding hydrogens is 603 g/mol. The summed E-state index contributed by atoms with van der Waals surface area (Å²) in [7, 11) is -3.83. The number of hydrogen-bond donors (Lipinski definition) is 2. The highest BCUT2D eigenvalue weighted by Crippen LogP contribution is 2.37. The van der Waals surface area contributed by atoms with Gasteiger partial charge in [-0.05, 0) is 66.1 Å². The van der Waals surface area contributed by atoms with Crippen molar-refractivity contribution in [2.75, 3.05) is 32.7 Å². The maximum Gasteiger partial charge on any atom is 0.573 e. The fourth-order valence-corrected chi connectivity index (χ4v) is 7.09. The summed E-state index contributed by atoms with van der Waals surface area (Å²) < 4.78 is 73.7. The van der Waals surface area contributed by atoms with Gasteiger partial charge in [0, 0.05) is 73.5 Å². The third-order valence-corrected chi connectivity index (χ3v) is 9.86. The monoisotopic (exact) mass is 635 g/mol. The second kappa shape index (κ2) is 12.8. The number of rotatable bonds is 10. The lowest BCUT2D eigenvalue weighted by atomic mass is 9.99. The van der Waals surface area contributed by atoms with E-state index in [1.807, 2.05) is 35.0 Å². The van der Waals surface area contributed by atoms with Crippen molar-refractivity contribution >= 4 is 32.5 Å². The molecule has 0 aliphatic carbocycles. The van der Waals surface area contributed by atoms with Gasteiger partial charge in [-0.25, -0.2) is 8.42 Å². The molecule has 1 aliphatic rings. The highest BCUT2D eigenvalue weighted by atomic mass is 35.5. The molecule has 13 heteroatoms. The van der Waals surface area contributed by atoms with E-state index >= 15 is 0 Å². The van der Waals surface area contributed by atoms with Crippen LogP contribution in [-0.2, 0) is 29.7 Å². The molecule has 3 aromatic carbocycles. The lowest BCUT2D eigenvalue weighted by molar-refractivity contribution is -0.274. The minimum atomic E-state index is -4.84. The van der Waals surface area contributed by atoms with Crippen molar-refractivity contribution < 1.29 is 26.3 Å². The Morgan fingerprint density at radius 1 is 0.907 bits per heavy atom. The Morgan fingerprint density at radius 3 is 2.33 bits per heavy atom. The van der Waals surface area contributed by atoms with Crippen LogP contribution < -0.4 is 16.2 Å². The molecule has 4 aromatic rings. The molecule has 1 saturated heterocycles. The molecule has 2 heterocycles. The summed E-state index contributed by atoms with van der Waals surface area (Å²) in [5, 5.41) is 1.33. The minimum Gasteiger partial charge on any atom is -0.406 e. The Labute approximate surface area is 253 Å². The van der Waals surface area contributed by atoms with E-state index < -0.39 is 16.4 Å². The van der Waals surface area contributed by atoms with Crippen LogP contribution in [0.3, 0.4) is 0 Å². The fraction of sp³-hybridized carbons (Fsp3) is 0.333. The number of hydrogen-bond acceptors (Lipinski definition) is 6. The van der Waals surface area contributed by atoms with Gasteiger partial charge < -0.3 is 20.8 Å². The Hall–Kier alpha value is -3.13. The number of sulfonamides is 1. The van der Waals surface area contributed by atoms with Gasteiger partial charge in [0.25, 0.3) is 0 Å². The Kier molecular flexibility index (Phi) is 9.35. The van der Waals surface area contributed by atoms with E-state index in [9.17, 15) is 21.6 Å². The molecule has 1 fully saturated rings. The van der Waals surface area contributed by atoms with Crippen LogP contribution in [0.15, 0.2) is 71.8 Å². The number of halogens is 4. The summed E-state index contributed by atoms with van der Waals surface area (Å²) in [6, 6.07) is 16.6. The second-order valence-corrected chi connectivity index (χ2v) is 12.7.